The van der Waals surface area contributed by atoms with Crippen molar-refractivity contribution in [3.05, 3.63) is 77.5 Å². The van der Waals surface area contributed by atoms with Gasteiger partial charge >= 0.3 is 5.97 Å². The van der Waals surface area contributed by atoms with Crippen LogP contribution in [0.25, 0.3) is 17.0 Å². The zero-order valence-electron chi connectivity index (χ0n) is 16.7. The van der Waals surface area contributed by atoms with Gasteiger partial charge in [0.15, 0.2) is 0 Å². The van der Waals surface area contributed by atoms with Crippen LogP contribution in [0.1, 0.15) is 32.7 Å². The Balaban J connectivity index is 1.37. The minimum atomic E-state index is -0.564. The van der Waals surface area contributed by atoms with E-state index in [1.165, 1.54) is 6.08 Å². The van der Waals surface area contributed by atoms with Crippen LogP contribution in [0.2, 0.25) is 0 Å². The second-order valence-corrected chi connectivity index (χ2v) is 7.01. The quantitative estimate of drug-likeness (QED) is 0.336. The molecule has 0 fully saturated rings. The molecular formula is C24H19N3O4. The van der Waals surface area contributed by atoms with Gasteiger partial charge in [-0.15, -0.1) is 0 Å². The van der Waals surface area contributed by atoms with E-state index in [-0.39, 0.29) is 25.0 Å². The lowest BCUT2D eigenvalue weighted by Gasteiger charge is -2.13. The Labute approximate surface area is 178 Å². The molecule has 0 atom stereocenters. The molecule has 0 N–H and O–H groups in total. The van der Waals surface area contributed by atoms with Crippen molar-refractivity contribution in [3.8, 4) is 6.07 Å². The predicted molar refractivity (Wildman–Crippen MR) is 114 cm³/mol. The number of amides is 2. The number of aromatic nitrogens is 1. The lowest BCUT2D eigenvalue weighted by atomic mass is 10.1. The molecule has 0 aliphatic carbocycles. The molecule has 1 aliphatic rings. The Morgan fingerprint density at radius 2 is 1.68 bits per heavy atom. The smallest absolute Gasteiger partial charge is 0.330 e. The number of fused-ring (bicyclic) bond motifs is 2. The van der Waals surface area contributed by atoms with E-state index in [0.717, 1.165) is 21.4 Å². The number of hydrogen-bond acceptors (Lipinski definition) is 5. The average molecular weight is 413 g/mol. The number of para-hydroxylation sites is 1. The highest BCUT2D eigenvalue weighted by molar-refractivity contribution is 6.21. The van der Waals surface area contributed by atoms with Crippen LogP contribution in [0, 0.1) is 11.3 Å². The summed E-state index contributed by atoms with van der Waals surface area (Å²) in [5, 5.41) is 9.81. The molecule has 31 heavy (non-hydrogen) atoms. The van der Waals surface area contributed by atoms with Crippen LogP contribution in [-0.2, 0) is 16.1 Å². The molecule has 154 valence electrons. The summed E-state index contributed by atoms with van der Waals surface area (Å²) in [4.78, 5) is 37.9. The normalized spacial score (nSPS) is 13.1. The minimum Gasteiger partial charge on any atom is -0.461 e. The molecule has 0 saturated heterocycles. The van der Waals surface area contributed by atoms with Gasteiger partial charge in [-0.3, -0.25) is 14.5 Å². The standard InChI is InChI=1S/C24H19N3O4/c25-12-5-13-26-16-17(18-6-3-4-9-21(18)26)10-11-22(28)31-15-14-27-23(29)19-7-1-2-8-20(19)24(27)30/h1-4,6-11,16H,5,13-15H2/b11-10+. The number of carbonyl (C=O) groups excluding carboxylic acids is 3. The van der Waals surface area contributed by atoms with Crippen LogP contribution in [-0.4, -0.2) is 40.4 Å². The summed E-state index contributed by atoms with van der Waals surface area (Å²) in [6.07, 6.45) is 5.26. The van der Waals surface area contributed by atoms with E-state index in [0.29, 0.717) is 24.1 Å². The molecular weight excluding hydrogens is 394 g/mol. The highest BCUT2D eigenvalue weighted by Crippen LogP contribution is 2.23. The molecule has 3 aromatic rings. The first-order valence-corrected chi connectivity index (χ1v) is 9.85. The van der Waals surface area contributed by atoms with Gasteiger partial charge in [-0.25, -0.2) is 4.79 Å². The van der Waals surface area contributed by atoms with Gasteiger partial charge in [-0.2, -0.15) is 5.26 Å². The fourth-order valence-electron chi connectivity index (χ4n) is 3.65. The first kappa shape index (κ1) is 20.1. The molecule has 0 radical (unpaired) electrons. The topological polar surface area (TPSA) is 92.4 Å². The zero-order valence-corrected chi connectivity index (χ0v) is 16.7. The Kier molecular flexibility index (Phi) is 5.63. The van der Waals surface area contributed by atoms with Crippen molar-refractivity contribution in [2.24, 2.45) is 0 Å². The van der Waals surface area contributed by atoms with E-state index in [4.69, 9.17) is 10.00 Å². The number of carbonyl (C=O) groups is 3. The molecule has 2 aromatic carbocycles. The third kappa shape index (κ3) is 3.96. The predicted octanol–water partition coefficient (Wildman–Crippen LogP) is 3.41. The molecule has 1 aliphatic heterocycles. The van der Waals surface area contributed by atoms with E-state index in [1.807, 2.05) is 35.0 Å². The molecule has 4 rings (SSSR count). The summed E-state index contributed by atoms with van der Waals surface area (Å²) in [6.45, 7) is 0.480. The summed E-state index contributed by atoms with van der Waals surface area (Å²) in [5.74, 6) is -1.32. The molecule has 2 amide bonds. The first-order chi connectivity index (χ1) is 15.1. The van der Waals surface area contributed by atoms with E-state index >= 15 is 0 Å². The summed E-state index contributed by atoms with van der Waals surface area (Å²) >= 11 is 0. The zero-order chi connectivity index (χ0) is 21.8. The molecule has 2 heterocycles. The van der Waals surface area contributed by atoms with Crippen molar-refractivity contribution >= 4 is 34.8 Å². The van der Waals surface area contributed by atoms with Crippen LogP contribution in [0.4, 0.5) is 0 Å². The van der Waals surface area contributed by atoms with Crippen LogP contribution >= 0.6 is 0 Å². The molecule has 0 spiro atoms. The van der Waals surface area contributed by atoms with E-state index in [1.54, 1.807) is 30.3 Å². The van der Waals surface area contributed by atoms with Gasteiger partial charge in [0, 0.05) is 35.3 Å². The van der Waals surface area contributed by atoms with Gasteiger partial charge in [0.25, 0.3) is 11.8 Å². The van der Waals surface area contributed by atoms with Gasteiger partial charge in [0.2, 0.25) is 0 Å². The summed E-state index contributed by atoms with van der Waals surface area (Å²) in [6, 6.07) is 16.5. The third-order valence-corrected chi connectivity index (χ3v) is 5.12. The fourth-order valence-corrected chi connectivity index (χ4v) is 3.65. The number of nitriles is 1. The van der Waals surface area contributed by atoms with E-state index in [2.05, 4.69) is 6.07 Å². The number of rotatable bonds is 7. The number of imide groups is 1. The maximum atomic E-state index is 12.3. The summed E-state index contributed by atoms with van der Waals surface area (Å²) in [5.41, 5.74) is 2.56. The van der Waals surface area contributed by atoms with E-state index in [9.17, 15) is 14.4 Å². The Morgan fingerprint density at radius 3 is 2.39 bits per heavy atom. The fraction of sp³-hybridized carbons (Fsp3) is 0.167. The highest BCUT2D eigenvalue weighted by Gasteiger charge is 2.34. The third-order valence-electron chi connectivity index (χ3n) is 5.12. The van der Waals surface area contributed by atoms with Crippen LogP contribution < -0.4 is 0 Å². The van der Waals surface area contributed by atoms with Crippen molar-refractivity contribution in [3.63, 3.8) is 0 Å². The van der Waals surface area contributed by atoms with Gasteiger partial charge < -0.3 is 9.30 Å². The van der Waals surface area contributed by atoms with Crippen LogP contribution in [0.15, 0.2) is 60.8 Å². The van der Waals surface area contributed by atoms with Crippen LogP contribution in [0.3, 0.4) is 0 Å². The molecule has 7 heteroatoms. The van der Waals surface area contributed by atoms with Gasteiger partial charge in [0.1, 0.15) is 6.61 Å². The molecule has 0 unspecified atom stereocenters. The van der Waals surface area contributed by atoms with Gasteiger partial charge in [-0.1, -0.05) is 30.3 Å². The molecule has 7 nitrogen and oxygen atoms in total. The Morgan fingerprint density at radius 1 is 1.00 bits per heavy atom. The van der Waals surface area contributed by atoms with Gasteiger partial charge in [0.05, 0.1) is 30.2 Å². The van der Waals surface area contributed by atoms with Crippen molar-refractivity contribution in [2.75, 3.05) is 13.2 Å². The van der Waals surface area contributed by atoms with Crippen molar-refractivity contribution in [1.82, 2.24) is 9.47 Å². The highest BCUT2D eigenvalue weighted by atomic mass is 16.5. The number of nitrogens with zero attached hydrogens (tertiary/aromatic N) is 3. The average Bonchev–Trinajstić information content (AvgIpc) is 3.27. The monoisotopic (exact) mass is 413 g/mol. The minimum absolute atomic E-state index is 0.000601. The van der Waals surface area contributed by atoms with Crippen molar-refractivity contribution < 1.29 is 19.1 Å². The second kappa shape index (κ2) is 8.67. The number of aryl methyl sites for hydroxylation is 1. The summed E-state index contributed by atoms with van der Waals surface area (Å²) < 4.78 is 7.16. The number of ether oxygens (including phenoxy) is 1. The first-order valence-electron chi connectivity index (χ1n) is 9.85. The lowest BCUT2D eigenvalue weighted by Crippen LogP contribution is -2.33. The molecule has 0 saturated carbocycles. The Bertz CT molecular complexity index is 1210. The lowest BCUT2D eigenvalue weighted by molar-refractivity contribution is -0.137. The SMILES string of the molecule is N#CCCn1cc(/C=C/C(=O)OCCN2C(=O)c3ccccc3C2=O)c2ccccc21. The Hall–Kier alpha value is -4.18. The molecule has 0 bridgehead atoms. The van der Waals surface area contributed by atoms with Gasteiger partial charge in [-0.05, 0) is 24.3 Å². The largest absolute Gasteiger partial charge is 0.461 e. The number of esters is 1. The maximum Gasteiger partial charge on any atom is 0.330 e. The second-order valence-electron chi connectivity index (χ2n) is 7.01. The van der Waals surface area contributed by atoms with Crippen molar-refractivity contribution in [2.45, 2.75) is 13.0 Å². The number of benzene rings is 2. The summed E-state index contributed by atoms with van der Waals surface area (Å²) in [7, 11) is 0. The number of hydrogen-bond donors (Lipinski definition) is 0. The van der Waals surface area contributed by atoms with E-state index < -0.39 is 5.97 Å². The molecule has 1 aromatic heterocycles. The maximum absolute atomic E-state index is 12.3. The van der Waals surface area contributed by atoms with Crippen LogP contribution in [0.5, 0.6) is 0 Å². The van der Waals surface area contributed by atoms with Crippen molar-refractivity contribution in [1.29, 1.82) is 5.26 Å².